The predicted octanol–water partition coefficient (Wildman–Crippen LogP) is 3.35. The van der Waals surface area contributed by atoms with Gasteiger partial charge in [0.05, 0.1) is 12.7 Å². The largest absolute Gasteiger partial charge is 0.508 e. The van der Waals surface area contributed by atoms with E-state index >= 15 is 0 Å². The van der Waals surface area contributed by atoms with Gasteiger partial charge < -0.3 is 19.9 Å². The molecule has 0 amide bonds. The van der Waals surface area contributed by atoms with E-state index in [-0.39, 0.29) is 12.1 Å². The number of benzene rings is 1. The Kier molecular flexibility index (Phi) is 5.07. The average molecular weight is 344 g/mol. The van der Waals surface area contributed by atoms with Gasteiger partial charge >= 0.3 is 0 Å². The molecule has 0 aromatic heterocycles. The molecule has 1 aromatic rings. The highest BCUT2D eigenvalue weighted by Gasteiger charge is 2.32. The maximum Gasteiger partial charge on any atom is 0.163 e. The summed E-state index contributed by atoms with van der Waals surface area (Å²) < 4.78 is 12.3. The van der Waals surface area contributed by atoms with Crippen LogP contribution in [0.4, 0.5) is 0 Å². The van der Waals surface area contributed by atoms with Crippen LogP contribution in [0.15, 0.2) is 22.7 Å². The summed E-state index contributed by atoms with van der Waals surface area (Å²) >= 11 is 3.44. The molecule has 1 aliphatic rings. The Morgan fingerprint density at radius 2 is 2.25 bits per heavy atom. The van der Waals surface area contributed by atoms with E-state index in [0.717, 1.165) is 16.5 Å². The molecule has 1 aliphatic heterocycles. The highest BCUT2D eigenvalue weighted by molar-refractivity contribution is 9.10. The van der Waals surface area contributed by atoms with E-state index in [1.54, 1.807) is 6.07 Å². The Bertz CT molecular complexity index is 464. The second-order valence-electron chi connectivity index (χ2n) is 5.52. The summed E-state index contributed by atoms with van der Waals surface area (Å²) in [6.45, 7) is 7.23. The predicted molar refractivity (Wildman–Crippen MR) is 81.7 cm³/mol. The molecule has 1 saturated heterocycles. The molecule has 0 saturated carbocycles. The normalized spacial score (nSPS) is 22.9. The van der Waals surface area contributed by atoms with Gasteiger partial charge in [0.1, 0.15) is 5.75 Å². The second-order valence-corrected chi connectivity index (χ2v) is 6.44. The van der Waals surface area contributed by atoms with Crippen LogP contribution in [0.2, 0.25) is 0 Å². The van der Waals surface area contributed by atoms with Gasteiger partial charge in [0, 0.05) is 22.6 Å². The molecule has 20 heavy (non-hydrogen) atoms. The summed E-state index contributed by atoms with van der Waals surface area (Å²) in [6, 6.07) is 5.59. The molecular formula is C15H22BrNO3. The Morgan fingerprint density at radius 1 is 1.50 bits per heavy atom. The van der Waals surface area contributed by atoms with Gasteiger partial charge in [-0.1, -0.05) is 22.9 Å². The lowest BCUT2D eigenvalue weighted by Gasteiger charge is -2.22. The van der Waals surface area contributed by atoms with Crippen LogP contribution in [0.25, 0.3) is 0 Å². The van der Waals surface area contributed by atoms with Crippen LogP contribution in [0.3, 0.4) is 0 Å². The number of hydrogen-bond donors (Lipinski definition) is 2. The van der Waals surface area contributed by atoms with Crippen molar-refractivity contribution in [3.05, 3.63) is 28.2 Å². The van der Waals surface area contributed by atoms with Gasteiger partial charge in [-0.3, -0.25) is 0 Å². The lowest BCUT2D eigenvalue weighted by molar-refractivity contribution is -0.137. The lowest BCUT2D eigenvalue weighted by atomic mass is 10.0. The first-order valence-corrected chi connectivity index (χ1v) is 7.74. The summed E-state index contributed by atoms with van der Waals surface area (Å²) in [5.41, 5.74) is 0.903. The Hall–Kier alpha value is -0.620. The number of nitrogens with one attached hydrogen (secondary N) is 1. The van der Waals surface area contributed by atoms with Crippen molar-refractivity contribution in [2.24, 2.45) is 0 Å². The van der Waals surface area contributed by atoms with Crippen LogP contribution in [0, 0.1) is 0 Å². The zero-order valence-corrected chi connectivity index (χ0v) is 13.7. The van der Waals surface area contributed by atoms with E-state index in [0.29, 0.717) is 18.9 Å². The topological polar surface area (TPSA) is 50.7 Å². The smallest absolute Gasteiger partial charge is 0.163 e. The Labute approximate surface area is 128 Å². The molecule has 2 N–H and O–H groups in total. The number of halogens is 1. The molecule has 2 atom stereocenters. The fourth-order valence-corrected chi connectivity index (χ4v) is 2.79. The van der Waals surface area contributed by atoms with Crippen molar-refractivity contribution in [1.82, 2.24) is 5.32 Å². The van der Waals surface area contributed by atoms with Crippen molar-refractivity contribution in [3.8, 4) is 5.75 Å². The minimum atomic E-state index is -0.494. The minimum Gasteiger partial charge on any atom is -0.508 e. The average Bonchev–Trinajstić information content (AvgIpc) is 2.74. The molecule has 0 bridgehead atoms. The highest BCUT2D eigenvalue weighted by atomic mass is 79.9. The zero-order chi connectivity index (χ0) is 14.8. The third-order valence-electron chi connectivity index (χ3n) is 3.43. The summed E-state index contributed by atoms with van der Waals surface area (Å²) in [6.07, 6.45) is 0.939. The van der Waals surface area contributed by atoms with Crippen molar-refractivity contribution in [2.75, 3.05) is 13.2 Å². The van der Waals surface area contributed by atoms with E-state index in [2.05, 4.69) is 28.2 Å². The quantitative estimate of drug-likeness (QED) is 0.860. The molecule has 2 unspecified atom stereocenters. The SMILES string of the molecule is CCC(NCC1COC(C)(C)O1)c1cc(Br)ccc1O. The van der Waals surface area contributed by atoms with E-state index in [9.17, 15) is 5.11 Å². The standard InChI is InChI=1S/C15H22BrNO3/c1-4-13(12-7-10(16)5-6-14(12)18)17-8-11-9-19-15(2,3)20-11/h5-7,11,13,17-18H,4,8-9H2,1-3H3. The molecule has 112 valence electrons. The first kappa shape index (κ1) is 15.8. The number of rotatable bonds is 5. The van der Waals surface area contributed by atoms with Crippen molar-refractivity contribution in [1.29, 1.82) is 0 Å². The molecule has 0 spiro atoms. The van der Waals surface area contributed by atoms with Gasteiger partial charge in [0.15, 0.2) is 5.79 Å². The first-order valence-electron chi connectivity index (χ1n) is 6.95. The molecule has 5 heteroatoms. The first-order chi connectivity index (χ1) is 9.41. The minimum absolute atomic E-state index is 0.0494. The summed E-state index contributed by atoms with van der Waals surface area (Å²) in [4.78, 5) is 0. The molecule has 1 heterocycles. The van der Waals surface area contributed by atoms with Crippen molar-refractivity contribution in [3.63, 3.8) is 0 Å². The van der Waals surface area contributed by atoms with Gasteiger partial charge in [0.2, 0.25) is 0 Å². The lowest BCUT2D eigenvalue weighted by Crippen LogP contribution is -2.33. The van der Waals surface area contributed by atoms with Crippen LogP contribution in [-0.4, -0.2) is 30.1 Å². The van der Waals surface area contributed by atoms with E-state index in [4.69, 9.17) is 9.47 Å². The van der Waals surface area contributed by atoms with E-state index in [1.165, 1.54) is 0 Å². The molecule has 4 nitrogen and oxygen atoms in total. The van der Waals surface area contributed by atoms with Gasteiger partial charge in [-0.2, -0.15) is 0 Å². The summed E-state index contributed by atoms with van der Waals surface area (Å²) in [5, 5.41) is 13.4. The van der Waals surface area contributed by atoms with Crippen LogP contribution in [0.1, 0.15) is 38.8 Å². The molecule has 2 rings (SSSR count). The third kappa shape index (κ3) is 3.95. The monoisotopic (exact) mass is 343 g/mol. The van der Waals surface area contributed by atoms with Gasteiger partial charge in [-0.05, 0) is 38.5 Å². The molecule has 1 fully saturated rings. The summed E-state index contributed by atoms with van der Waals surface area (Å²) in [5.74, 6) is -0.178. The van der Waals surface area contributed by atoms with Gasteiger partial charge in [-0.25, -0.2) is 0 Å². The molecule has 0 aliphatic carbocycles. The number of aromatic hydroxyl groups is 1. The fourth-order valence-electron chi connectivity index (χ4n) is 2.42. The van der Waals surface area contributed by atoms with Gasteiger partial charge in [0.25, 0.3) is 0 Å². The fraction of sp³-hybridized carbons (Fsp3) is 0.600. The van der Waals surface area contributed by atoms with Crippen molar-refractivity contribution < 1.29 is 14.6 Å². The maximum atomic E-state index is 9.99. The van der Waals surface area contributed by atoms with Crippen molar-refractivity contribution in [2.45, 2.75) is 45.1 Å². The van der Waals surface area contributed by atoms with E-state index < -0.39 is 5.79 Å². The number of hydrogen-bond acceptors (Lipinski definition) is 4. The van der Waals surface area contributed by atoms with Crippen LogP contribution >= 0.6 is 15.9 Å². The Balaban J connectivity index is 1.97. The number of ether oxygens (including phenoxy) is 2. The number of phenols is 1. The maximum absolute atomic E-state index is 9.99. The zero-order valence-electron chi connectivity index (χ0n) is 12.1. The van der Waals surface area contributed by atoms with Gasteiger partial charge in [-0.15, -0.1) is 0 Å². The van der Waals surface area contributed by atoms with Crippen LogP contribution < -0.4 is 5.32 Å². The van der Waals surface area contributed by atoms with Crippen molar-refractivity contribution >= 4 is 15.9 Å². The molecule has 1 aromatic carbocycles. The van der Waals surface area contributed by atoms with E-state index in [1.807, 2.05) is 26.0 Å². The second kappa shape index (κ2) is 6.43. The van der Waals surface area contributed by atoms with Crippen LogP contribution in [-0.2, 0) is 9.47 Å². The molecule has 0 radical (unpaired) electrons. The van der Waals surface area contributed by atoms with Crippen LogP contribution in [0.5, 0.6) is 5.75 Å². The molecular weight excluding hydrogens is 322 g/mol. The summed E-state index contributed by atoms with van der Waals surface area (Å²) in [7, 11) is 0. The Morgan fingerprint density at radius 3 is 2.85 bits per heavy atom. The number of phenolic OH excluding ortho intramolecular Hbond substituents is 1. The highest BCUT2D eigenvalue weighted by Crippen LogP contribution is 2.30. The third-order valence-corrected chi connectivity index (χ3v) is 3.93.